The number of carbonyl (C=O) groups is 4. The molecule has 1 unspecified atom stereocenters. The van der Waals surface area contributed by atoms with Crippen molar-refractivity contribution >= 4 is 29.4 Å². The summed E-state index contributed by atoms with van der Waals surface area (Å²) in [5.41, 5.74) is 1.14. The Bertz CT molecular complexity index is 1030. The van der Waals surface area contributed by atoms with Gasteiger partial charge >= 0.3 is 11.9 Å². The second-order valence-electron chi connectivity index (χ2n) is 11.5. The largest absolute Gasteiger partial charge is 0.495 e. The van der Waals surface area contributed by atoms with Crippen molar-refractivity contribution in [3.8, 4) is 5.75 Å². The molecule has 42 heavy (non-hydrogen) atoms. The fourth-order valence-corrected chi connectivity index (χ4v) is 6.30. The molecule has 0 radical (unpaired) electrons. The Labute approximate surface area is 249 Å². The Morgan fingerprint density at radius 2 is 1.31 bits per heavy atom. The van der Waals surface area contributed by atoms with Gasteiger partial charge in [0, 0.05) is 62.8 Å². The van der Waals surface area contributed by atoms with Gasteiger partial charge in [-0.3, -0.25) is 19.4 Å². The van der Waals surface area contributed by atoms with Crippen LogP contribution in [-0.4, -0.2) is 89.6 Å². The van der Waals surface area contributed by atoms with Crippen molar-refractivity contribution in [1.29, 1.82) is 0 Å². The second-order valence-corrected chi connectivity index (χ2v) is 11.5. The molecule has 232 valence electrons. The number of carbonyl (C=O) groups excluding carboxylic acids is 2. The third-order valence-electron chi connectivity index (χ3n) is 8.51. The van der Waals surface area contributed by atoms with E-state index in [1.807, 2.05) is 12.1 Å². The standard InChI is InChI=1S/C28H43N3O3.C4H4O4/c1-22(21-29-17-19-30(20-18-29)25-15-9-10-16-26(25)34-2)31(27(32)23-11-5-3-6-12-23)28(33)24-13-7-4-8-14-24;5-3(6)1-2-4(7)8/h9-10,15-16,22-24H,3-8,11-14,17-21H2,1-2H3;1-2H,(H,5,6)(H,7,8)/b;2-1+. The molecular formula is C32H47N3O7. The number of aliphatic carboxylic acids is 2. The van der Waals surface area contributed by atoms with E-state index in [2.05, 4.69) is 28.9 Å². The third-order valence-corrected chi connectivity index (χ3v) is 8.51. The minimum atomic E-state index is -1.26. The van der Waals surface area contributed by atoms with Crippen LogP contribution in [0.3, 0.4) is 0 Å². The number of anilines is 1. The number of ether oxygens (including phenoxy) is 1. The number of carboxylic acids is 2. The average Bonchev–Trinajstić information content (AvgIpc) is 3.01. The van der Waals surface area contributed by atoms with Gasteiger partial charge in [-0.2, -0.15) is 0 Å². The van der Waals surface area contributed by atoms with E-state index < -0.39 is 11.9 Å². The molecule has 3 fully saturated rings. The molecule has 2 N–H and O–H groups in total. The number of hydrogen-bond acceptors (Lipinski definition) is 7. The fourth-order valence-electron chi connectivity index (χ4n) is 6.30. The molecule has 1 saturated heterocycles. The van der Waals surface area contributed by atoms with Gasteiger partial charge in [0.05, 0.1) is 12.8 Å². The highest BCUT2D eigenvalue weighted by atomic mass is 16.5. The van der Waals surface area contributed by atoms with Crippen molar-refractivity contribution in [3.63, 3.8) is 0 Å². The molecule has 2 aliphatic carbocycles. The van der Waals surface area contributed by atoms with Crippen molar-refractivity contribution < 1.29 is 34.1 Å². The monoisotopic (exact) mass is 585 g/mol. The molecule has 4 rings (SSSR count). The minimum Gasteiger partial charge on any atom is -0.495 e. The zero-order chi connectivity index (χ0) is 30.5. The van der Waals surface area contributed by atoms with E-state index in [0.29, 0.717) is 12.2 Å². The van der Waals surface area contributed by atoms with Gasteiger partial charge in [-0.05, 0) is 44.7 Å². The molecule has 10 nitrogen and oxygen atoms in total. The third kappa shape index (κ3) is 9.86. The Balaban J connectivity index is 0.000000531. The number of imide groups is 1. The van der Waals surface area contributed by atoms with Crippen molar-refractivity contribution in [1.82, 2.24) is 9.80 Å². The maximum atomic E-state index is 13.6. The van der Waals surface area contributed by atoms with Crippen LogP contribution in [-0.2, 0) is 19.2 Å². The molecule has 1 aromatic rings. The van der Waals surface area contributed by atoms with E-state index in [9.17, 15) is 19.2 Å². The number of methoxy groups -OCH3 is 1. The predicted octanol–water partition coefficient (Wildman–Crippen LogP) is 4.43. The van der Waals surface area contributed by atoms with Gasteiger partial charge < -0.3 is 19.8 Å². The number of carboxylic acid groups (broad SMARTS) is 2. The van der Waals surface area contributed by atoms with Crippen molar-refractivity contribution in [2.75, 3.05) is 44.7 Å². The lowest BCUT2D eigenvalue weighted by atomic mass is 9.85. The van der Waals surface area contributed by atoms with Crippen LogP contribution < -0.4 is 9.64 Å². The lowest BCUT2D eigenvalue weighted by molar-refractivity contribution is -0.154. The molecule has 2 saturated carbocycles. The van der Waals surface area contributed by atoms with Gasteiger partial charge in [0.15, 0.2) is 0 Å². The molecule has 1 heterocycles. The topological polar surface area (TPSA) is 128 Å². The highest BCUT2D eigenvalue weighted by molar-refractivity contribution is 5.98. The summed E-state index contributed by atoms with van der Waals surface area (Å²) in [6.07, 6.45) is 11.8. The number of nitrogens with zero attached hydrogens (tertiary/aromatic N) is 3. The molecule has 1 aromatic carbocycles. The molecule has 2 amide bonds. The first-order chi connectivity index (χ1) is 20.2. The molecule has 1 atom stereocenters. The van der Waals surface area contributed by atoms with E-state index in [0.717, 1.165) is 95.5 Å². The van der Waals surface area contributed by atoms with E-state index in [1.165, 1.54) is 12.8 Å². The van der Waals surface area contributed by atoms with Gasteiger partial charge in [-0.25, -0.2) is 9.59 Å². The SMILES string of the molecule is COc1ccccc1N1CCN(CC(C)N(C(=O)C2CCCCC2)C(=O)C2CCCCC2)CC1.O=C(O)/C=C/C(=O)O. The van der Waals surface area contributed by atoms with Crippen LogP contribution in [0.5, 0.6) is 5.75 Å². The van der Waals surface area contributed by atoms with Crippen LogP contribution >= 0.6 is 0 Å². The summed E-state index contributed by atoms with van der Waals surface area (Å²) in [5.74, 6) is -1.32. The van der Waals surface area contributed by atoms with E-state index >= 15 is 0 Å². The van der Waals surface area contributed by atoms with Gasteiger partial charge in [-0.1, -0.05) is 50.7 Å². The summed E-state index contributed by atoms with van der Waals surface area (Å²) in [6, 6.07) is 8.10. The van der Waals surface area contributed by atoms with Crippen LogP contribution in [0.15, 0.2) is 36.4 Å². The number of piperazine rings is 1. The fraction of sp³-hybridized carbons (Fsp3) is 0.625. The zero-order valence-electron chi connectivity index (χ0n) is 25.1. The van der Waals surface area contributed by atoms with E-state index in [4.69, 9.17) is 14.9 Å². The summed E-state index contributed by atoms with van der Waals surface area (Å²) in [7, 11) is 1.72. The lowest BCUT2D eigenvalue weighted by Crippen LogP contribution is -2.55. The van der Waals surface area contributed by atoms with Crippen LogP contribution in [0.1, 0.15) is 71.1 Å². The molecular weight excluding hydrogens is 538 g/mol. The van der Waals surface area contributed by atoms with Gasteiger partial charge in [0.25, 0.3) is 0 Å². The van der Waals surface area contributed by atoms with E-state index in [-0.39, 0.29) is 29.7 Å². The summed E-state index contributed by atoms with van der Waals surface area (Å²) in [5, 5.41) is 15.6. The maximum Gasteiger partial charge on any atom is 0.328 e. The molecule has 1 aliphatic heterocycles. The Kier molecular flexibility index (Phi) is 13.3. The summed E-state index contributed by atoms with van der Waals surface area (Å²) in [4.78, 5) is 52.9. The average molecular weight is 586 g/mol. The van der Waals surface area contributed by atoms with Crippen LogP contribution in [0.25, 0.3) is 0 Å². The molecule has 0 spiro atoms. The highest BCUT2D eigenvalue weighted by Crippen LogP contribution is 2.31. The summed E-state index contributed by atoms with van der Waals surface area (Å²) in [6.45, 7) is 6.53. The number of amides is 2. The minimum absolute atomic E-state index is 0.0335. The normalized spacial score (nSPS) is 19.4. The molecule has 0 bridgehead atoms. The number of para-hydroxylation sites is 2. The maximum absolute atomic E-state index is 13.6. The molecule has 10 heteroatoms. The zero-order valence-corrected chi connectivity index (χ0v) is 25.1. The predicted molar refractivity (Wildman–Crippen MR) is 161 cm³/mol. The first kappa shape index (κ1) is 33.1. The Hall–Kier alpha value is -3.40. The van der Waals surface area contributed by atoms with E-state index in [1.54, 1.807) is 12.0 Å². The molecule has 3 aliphatic rings. The van der Waals surface area contributed by atoms with Crippen molar-refractivity contribution in [2.45, 2.75) is 77.2 Å². The smallest absolute Gasteiger partial charge is 0.328 e. The Morgan fingerprint density at radius 3 is 1.76 bits per heavy atom. The van der Waals surface area contributed by atoms with Crippen LogP contribution in [0.2, 0.25) is 0 Å². The van der Waals surface area contributed by atoms with Crippen LogP contribution in [0, 0.1) is 11.8 Å². The van der Waals surface area contributed by atoms with Gasteiger partial charge in [-0.15, -0.1) is 0 Å². The first-order valence-electron chi connectivity index (χ1n) is 15.3. The van der Waals surface area contributed by atoms with Crippen LogP contribution in [0.4, 0.5) is 5.69 Å². The quantitative estimate of drug-likeness (QED) is 0.319. The number of rotatable bonds is 9. The summed E-state index contributed by atoms with van der Waals surface area (Å²) < 4.78 is 5.55. The van der Waals surface area contributed by atoms with Crippen molar-refractivity contribution in [2.24, 2.45) is 11.8 Å². The summed E-state index contributed by atoms with van der Waals surface area (Å²) >= 11 is 0. The first-order valence-corrected chi connectivity index (χ1v) is 15.3. The van der Waals surface area contributed by atoms with Gasteiger partial charge in [0.2, 0.25) is 11.8 Å². The Morgan fingerprint density at radius 1 is 0.833 bits per heavy atom. The lowest BCUT2D eigenvalue weighted by Gasteiger charge is -2.40. The number of hydrogen-bond donors (Lipinski definition) is 2. The highest BCUT2D eigenvalue weighted by Gasteiger charge is 2.37. The van der Waals surface area contributed by atoms with Crippen molar-refractivity contribution in [3.05, 3.63) is 36.4 Å². The molecule has 0 aromatic heterocycles. The number of benzene rings is 1. The van der Waals surface area contributed by atoms with Gasteiger partial charge in [0.1, 0.15) is 5.75 Å². The second kappa shape index (κ2) is 16.9.